The van der Waals surface area contributed by atoms with Crippen LogP contribution in [0.15, 0.2) is 53.1 Å². The standard InChI is InChI=1S/C24H33N3O3/c1-18(2)23(26-22(28)16-19-10-5-3-6-11-19)24(29)25-17-20(21-12-9-15-30-21)27-13-7-4-8-14-27/h3,5-6,9-12,15,18,20,23H,4,7-8,13-14,16-17H2,1-2H3,(H,25,29)(H,26,28). The van der Waals surface area contributed by atoms with Crippen LogP contribution >= 0.6 is 0 Å². The summed E-state index contributed by atoms with van der Waals surface area (Å²) < 4.78 is 5.66. The summed E-state index contributed by atoms with van der Waals surface area (Å²) in [6, 6.07) is 12.9. The molecule has 1 fully saturated rings. The molecule has 0 aliphatic carbocycles. The number of nitrogens with one attached hydrogen (secondary N) is 2. The van der Waals surface area contributed by atoms with Gasteiger partial charge in [-0.1, -0.05) is 50.6 Å². The second kappa shape index (κ2) is 11.0. The molecule has 0 spiro atoms. The van der Waals surface area contributed by atoms with Crippen molar-refractivity contribution in [1.29, 1.82) is 0 Å². The van der Waals surface area contributed by atoms with Crippen molar-refractivity contribution in [3.8, 4) is 0 Å². The summed E-state index contributed by atoms with van der Waals surface area (Å²) in [4.78, 5) is 27.8. The maximum atomic E-state index is 13.0. The first kappa shape index (κ1) is 22.1. The highest BCUT2D eigenvalue weighted by Crippen LogP contribution is 2.24. The van der Waals surface area contributed by atoms with Crippen LogP contribution in [0.25, 0.3) is 0 Å². The Kier molecular flexibility index (Phi) is 8.08. The van der Waals surface area contributed by atoms with Crippen molar-refractivity contribution in [2.75, 3.05) is 19.6 Å². The number of nitrogens with zero attached hydrogens (tertiary/aromatic N) is 1. The molecule has 1 aliphatic heterocycles. The fraction of sp³-hybridized carbons (Fsp3) is 0.500. The molecule has 1 aromatic heterocycles. The predicted octanol–water partition coefficient (Wildman–Crippen LogP) is 3.31. The molecule has 2 atom stereocenters. The summed E-state index contributed by atoms with van der Waals surface area (Å²) in [5.41, 5.74) is 0.931. The van der Waals surface area contributed by atoms with Crippen molar-refractivity contribution in [2.24, 2.45) is 5.92 Å². The molecule has 1 aliphatic rings. The molecule has 162 valence electrons. The molecule has 2 aromatic rings. The summed E-state index contributed by atoms with van der Waals surface area (Å²) in [6.45, 7) is 6.36. The number of hydrogen-bond acceptors (Lipinski definition) is 4. The van der Waals surface area contributed by atoms with E-state index in [1.54, 1.807) is 6.26 Å². The number of carbonyl (C=O) groups is 2. The number of hydrogen-bond donors (Lipinski definition) is 2. The molecule has 1 saturated heterocycles. The van der Waals surface area contributed by atoms with Crippen LogP contribution in [0, 0.1) is 5.92 Å². The zero-order valence-electron chi connectivity index (χ0n) is 18.0. The lowest BCUT2D eigenvalue weighted by Crippen LogP contribution is -2.51. The normalized spacial score (nSPS) is 16.8. The average Bonchev–Trinajstić information content (AvgIpc) is 3.28. The Labute approximate surface area is 179 Å². The van der Waals surface area contributed by atoms with Gasteiger partial charge in [-0.15, -0.1) is 0 Å². The molecular formula is C24H33N3O3. The number of rotatable bonds is 9. The smallest absolute Gasteiger partial charge is 0.242 e. The molecule has 2 amide bonds. The number of furan rings is 1. The lowest BCUT2D eigenvalue weighted by atomic mass is 10.0. The second-order valence-electron chi connectivity index (χ2n) is 8.32. The van der Waals surface area contributed by atoms with Crippen molar-refractivity contribution in [2.45, 2.75) is 51.6 Å². The van der Waals surface area contributed by atoms with E-state index in [0.29, 0.717) is 6.54 Å². The molecule has 2 unspecified atom stereocenters. The highest BCUT2D eigenvalue weighted by Gasteiger charge is 2.28. The molecular weight excluding hydrogens is 378 g/mol. The Morgan fingerprint density at radius 3 is 2.40 bits per heavy atom. The minimum absolute atomic E-state index is 0.0112. The predicted molar refractivity (Wildman–Crippen MR) is 117 cm³/mol. The van der Waals surface area contributed by atoms with Gasteiger partial charge in [0.2, 0.25) is 11.8 Å². The molecule has 3 rings (SSSR count). The largest absolute Gasteiger partial charge is 0.468 e. The van der Waals surface area contributed by atoms with E-state index in [2.05, 4.69) is 15.5 Å². The van der Waals surface area contributed by atoms with Crippen molar-refractivity contribution in [3.05, 3.63) is 60.1 Å². The molecule has 30 heavy (non-hydrogen) atoms. The molecule has 2 N–H and O–H groups in total. The van der Waals surface area contributed by atoms with Gasteiger partial charge in [-0.3, -0.25) is 14.5 Å². The number of carbonyl (C=O) groups excluding carboxylic acids is 2. The van der Waals surface area contributed by atoms with Gasteiger partial charge >= 0.3 is 0 Å². The van der Waals surface area contributed by atoms with E-state index in [1.165, 1.54) is 6.42 Å². The van der Waals surface area contributed by atoms with Gasteiger partial charge in [0.15, 0.2) is 0 Å². The van der Waals surface area contributed by atoms with E-state index >= 15 is 0 Å². The Hall–Kier alpha value is -2.60. The Morgan fingerprint density at radius 1 is 1.03 bits per heavy atom. The van der Waals surface area contributed by atoms with Crippen LogP contribution in [0.4, 0.5) is 0 Å². The quantitative estimate of drug-likeness (QED) is 0.664. The van der Waals surface area contributed by atoms with E-state index in [4.69, 9.17) is 4.42 Å². The van der Waals surface area contributed by atoms with Gasteiger partial charge in [0.25, 0.3) is 0 Å². The van der Waals surface area contributed by atoms with E-state index < -0.39 is 6.04 Å². The van der Waals surface area contributed by atoms with Crippen molar-refractivity contribution < 1.29 is 14.0 Å². The highest BCUT2D eigenvalue weighted by molar-refractivity contribution is 5.88. The number of likely N-dealkylation sites (tertiary alicyclic amines) is 1. The van der Waals surface area contributed by atoms with Crippen LogP contribution < -0.4 is 10.6 Å². The average molecular weight is 412 g/mol. The summed E-state index contributed by atoms with van der Waals surface area (Å²) >= 11 is 0. The molecule has 0 bridgehead atoms. The number of amides is 2. The second-order valence-corrected chi connectivity index (χ2v) is 8.32. The monoisotopic (exact) mass is 411 g/mol. The molecule has 0 saturated carbocycles. The molecule has 2 heterocycles. The van der Waals surface area contributed by atoms with Crippen molar-refractivity contribution in [3.63, 3.8) is 0 Å². The van der Waals surface area contributed by atoms with E-state index in [0.717, 1.165) is 37.3 Å². The van der Waals surface area contributed by atoms with Crippen LogP contribution in [0.5, 0.6) is 0 Å². The third kappa shape index (κ3) is 6.20. The fourth-order valence-corrected chi connectivity index (χ4v) is 3.97. The third-order valence-corrected chi connectivity index (χ3v) is 5.65. The van der Waals surface area contributed by atoms with Crippen LogP contribution in [0.2, 0.25) is 0 Å². The number of piperidine rings is 1. The summed E-state index contributed by atoms with van der Waals surface area (Å²) in [5.74, 6) is 0.557. The maximum Gasteiger partial charge on any atom is 0.242 e. The summed E-state index contributed by atoms with van der Waals surface area (Å²) in [7, 11) is 0. The Balaban J connectivity index is 1.59. The molecule has 0 radical (unpaired) electrons. The van der Waals surface area contributed by atoms with Gasteiger partial charge in [0, 0.05) is 6.54 Å². The SMILES string of the molecule is CC(C)C(NC(=O)Cc1ccccc1)C(=O)NCC(c1ccco1)N1CCCCC1. The first-order chi connectivity index (χ1) is 14.5. The van der Waals surface area contributed by atoms with Gasteiger partial charge in [-0.05, 0) is 49.5 Å². The van der Waals surface area contributed by atoms with Crippen LogP contribution in [-0.4, -0.2) is 42.4 Å². The fourth-order valence-electron chi connectivity index (χ4n) is 3.97. The molecule has 6 heteroatoms. The van der Waals surface area contributed by atoms with E-state index in [-0.39, 0.29) is 30.2 Å². The summed E-state index contributed by atoms with van der Waals surface area (Å²) in [5, 5.41) is 5.98. The summed E-state index contributed by atoms with van der Waals surface area (Å²) in [6.07, 6.45) is 5.51. The minimum Gasteiger partial charge on any atom is -0.468 e. The zero-order chi connectivity index (χ0) is 21.3. The van der Waals surface area contributed by atoms with Crippen molar-refractivity contribution >= 4 is 11.8 Å². The minimum atomic E-state index is -0.570. The highest BCUT2D eigenvalue weighted by atomic mass is 16.3. The first-order valence-electron chi connectivity index (χ1n) is 10.9. The van der Waals surface area contributed by atoms with Gasteiger partial charge in [0.05, 0.1) is 18.7 Å². The lowest BCUT2D eigenvalue weighted by Gasteiger charge is -2.34. The Morgan fingerprint density at radius 2 is 1.77 bits per heavy atom. The van der Waals surface area contributed by atoms with Crippen LogP contribution in [0.1, 0.15) is 50.5 Å². The maximum absolute atomic E-state index is 13.0. The zero-order valence-corrected chi connectivity index (χ0v) is 18.0. The Bertz CT molecular complexity index is 783. The van der Waals surface area contributed by atoms with Gasteiger partial charge in [-0.2, -0.15) is 0 Å². The van der Waals surface area contributed by atoms with Gasteiger partial charge in [0.1, 0.15) is 11.8 Å². The van der Waals surface area contributed by atoms with Crippen molar-refractivity contribution in [1.82, 2.24) is 15.5 Å². The van der Waals surface area contributed by atoms with Gasteiger partial charge in [-0.25, -0.2) is 0 Å². The van der Waals surface area contributed by atoms with Crippen LogP contribution in [-0.2, 0) is 16.0 Å². The number of benzene rings is 1. The topological polar surface area (TPSA) is 74.6 Å². The lowest BCUT2D eigenvalue weighted by molar-refractivity contribution is -0.130. The van der Waals surface area contributed by atoms with Crippen LogP contribution in [0.3, 0.4) is 0 Å². The van der Waals surface area contributed by atoms with E-state index in [1.807, 2.05) is 56.3 Å². The van der Waals surface area contributed by atoms with Gasteiger partial charge < -0.3 is 15.1 Å². The van der Waals surface area contributed by atoms with E-state index in [9.17, 15) is 9.59 Å². The molecule has 6 nitrogen and oxygen atoms in total. The first-order valence-corrected chi connectivity index (χ1v) is 10.9. The molecule has 1 aromatic carbocycles. The third-order valence-electron chi connectivity index (χ3n) is 5.65.